The van der Waals surface area contributed by atoms with E-state index in [-0.39, 0.29) is 22.7 Å². The first-order chi connectivity index (χ1) is 17.1. The molecule has 1 aromatic heterocycles. The van der Waals surface area contributed by atoms with Gasteiger partial charge < -0.3 is 10.1 Å². The van der Waals surface area contributed by atoms with Gasteiger partial charge in [0.1, 0.15) is 11.9 Å². The van der Waals surface area contributed by atoms with Gasteiger partial charge in [0.25, 0.3) is 5.91 Å². The first-order valence-corrected chi connectivity index (χ1v) is 11.7. The van der Waals surface area contributed by atoms with Crippen molar-refractivity contribution in [2.24, 2.45) is 7.05 Å². The van der Waals surface area contributed by atoms with Gasteiger partial charge in [0, 0.05) is 13.5 Å². The number of ether oxygens (including phenoxy) is 1. The van der Waals surface area contributed by atoms with Crippen molar-refractivity contribution in [2.45, 2.75) is 12.5 Å². The molecule has 0 radical (unpaired) electrons. The van der Waals surface area contributed by atoms with Crippen molar-refractivity contribution in [3.8, 4) is 5.69 Å². The number of carbonyl (C=O) groups is 2. The van der Waals surface area contributed by atoms with Gasteiger partial charge in [-0.3, -0.25) is 13.9 Å². The number of imidazole rings is 1. The van der Waals surface area contributed by atoms with Crippen molar-refractivity contribution in [2.75, 3.05) is 7.11 Å². The molecule has 4 aromatic rings. The number of carbonyl (C=O) groups excluding carboxylic acids is 2. The van der Waals surface area contributed by atoms with Gasteiger partial charge in [-0.15, -0.1) is 0 Å². The Bertz CT molecular complexity index is 1530. The summed E-state index contributed by atoms with van der Waals surface area (Å²) in [6.07, 6.45) is 0.0522. The maximum absolute atomic E-state index is 14.2. The van der Waals surface area contributed by atoms with Crippen LogP contribution in [0.1, 0.15) is 15.9 Å². The Balaban J connectivity index is 1.62. The van der Waals surface area contributed by atoms with Gasteiger partial charge in [-0.1, -0.05) is 53.0 Å². The Labute approximate surface area is 219 Å². The van der Waals surface area contributed by atoms with E-state index in [9.17, 15) is 18.8 Å². The summed E-state index contributed by atoms with van der Waals surface area (Å²) in [5.41, 5.74) is 1.74. The molecule has 0 bridgehead atoms. The molecule has 0 fully saturated rings. The minimum atomic E-state index is -1.11. The molecular formula is C25H19Cl3FN3O4. The van der Waals surface area contributed by atoms with Crippen LogP contribution in [-0.2, 0) is 23.0 Å². The number of aryl methyl sites for hydroxylation is 1. The molecule has 4 rings (SSSR count). The van der Waals surface area contributed by atoms with Gasteiger partial charge in [0.15, 0.2) is 0 Å². The lowest BCUT2D eigenvalue weighted by atomic mass is 10.0. The molecule has 0 saturated heterocycles. The predicted molar refractivity (Wildman–Crippen MR) is 137 cm³/mol. The van der Waals surface area contributed by atoms with E-state index in [0.29, 0.717) is 32.3 Å². The van der Waals surface area contributed by atoms with Crippen molar-refractivity contribution in [3.63, 3.8) is 0 Å². The van der Waals surface area contributed by atoms with E-state index < -0.39 is 23.7 Å². The second-order valence-electron chi connectivity index (χ2n) is 7.95. The van der Waals surface area contributed by atoms with Crippen molar-refractivity contribution < 1.29 is 18.7 Å². The normalized spacial score (nSPS) is 11.9. The molecule has 1 atom stereocenters. The first kappa shape index (κ1) is 25.8. The Morgan fingerprint density at radius 2 is 1.64 bits per heavy atom. The van der Waals surface area contributed by atoms with Crippen LogP contribution in [0.3, 0.4) is 0 Å². The Kier molecular flexibility index (Phi) is 7.40. The molecular weight excluding hydrogens is 532 g/mol. The van der Waals surface area contributed by atoms with Gasteiger partial charge >= 0.3 is 11.7 Å². The van der Waals surface area contributed by atoms with E-state index in [0.717, 1.165) is 6.07 Å². The number of aromatic nitrogens is 2. The van der Waals surface area contributed by atoms with Crippen molar-refractivity contribution in [1.82, 2.24) is 14.5 Å². The quantitative estimate of drug-likeness (QED) is 0.345. The number of hydrogen-bond acceptors (Lipinski definition) is 4. The highest BCUT2D eigenvalue weighted by Gasteiger charge is 2.25. The molecule has 7 nitrogen and oxygen atoms in total. The molecule has 0 saturated carbocycles. The molecule has 1 amide bonds. The minimum absolute atomic E-state index is 0.0522. The highest BCUT2D eigenvalue weighted by Crippen LogP contribution is 2.28. The molecule has 1 unspecified atom stereocenters. The Hall–Kier alpha value is -3.33. The van der Waals surface area contributed by atoms with Crippen LogP contribution in [0, 0.1) is 5.82 Å². The number of nitrogens with zero attached hydrogens (tertiary/aromatic N) is 2. The third-order valence-corrected chi connectivity index (χ3v) is 6.75. The summed E-state index contributed by atoms with van der Waals surface area (Å²) in [7, 11) is 2.82. The zero-order valence-corrected chi connectivity index (χ0v) is 21.3. The smallest absolute Gasteiger partial charge is 0.333 e. The average Bonchev–Trinajstić information content (AvgIpc) is 3.08. The maximum atomic E-state index is 14.2. The number of esters is 1. The lowest BCUT2D eigenvalue weighted by Crippen LogP contribution is -2.43. The van der Waals surface area contributed by atoms with Crippen LogP contribution in [0.25, 0.3) is 16.7 Å². The molecule has 11 heteroatoms. The topological polar surface area (TPSA) is 82.3 Å². The highest BCUT2D eigenvalue weighted by atomic mass is 35.5. The van der Waals surface area contributed by atoms with Crippen LogP contribution >= 0.6 is 34.8 Å². The van der Waals surface area contributed by atoms with E-state index in [1.165, 1.54) is 28.4 Å². The highest BCUT2D eigenvalue weighted by molar-refractivity contribution is 6.42. The number of nitrogens with one attached hydrogen (secondary N) is 1. The molecule has 1 heterocycles. The van der Waals surface area contributed by atoms with Crippen molar-refractivity contribution >= 4 is 57.7 Å². The number of amides is 1. The summed E-state index contributed by atoms with van der Waals surface area (Å²) >= 11 is 18.3. The SMILES string of the molecule is COC(=O)C(Cc1ccc(-n2c(=O)n(C)c3cc(Cl)c(Cl)cc32)cc1)NC(=O)c1c(F)cccc1Cl. The fourth-order valence-electron chi connectivity index (χ4n) is 3.88. The Morgan fingerprint density at radius 3 is 2.25 bits per heavy atom. The zero-order valence-electron chi connectivity index (χ0n) is 19.0. The number of methoxy groups -OCH3 is 1. The molecule has 36 heavy (non-hydrogen) atoms. The van der Waals surface area contributed by atoms with Crippen LogP contribution in [0.5, 0.6) is 0 Å². The molecule has 0 spiro atoms. The second kappa shape index (κ2) is 10.3. The summed E-state index contributed by atoms with van der Waals surface area (Å²) in [6.45, 7) is 0. The van der Waals surface area contributed by atoms with Crippen LogP contribution in [0.15, 0.2) is 59.4 Å². The van der Waals surface area contributed by atoms with Crippen LogP contribution < -0.4 is 11.0 Å². The summed E-state index contributed by atoms with van der Waals surface area (Å²) in [6, 6.07) is 12.8. The maximum Gasteiger partial charge on any atom is 0.333 e. The number of fused-ring (bicyclic) bond motifs is 1. The molecule has 0 aliphatic carbocycles. The minimum Gasteiger partial charge on any atom is -0.467 e. The summed E-state index contributed by atoms with van der Waals surface area (Å²) in [5.74, 6) is -2.37. The van der Waals surface area contributed by atoms with Gasteiger partial charge in [-0.2, -0.15) is 0 Å². The molecule has 0 aliphatic heterocycles. The third-order valence-electron chi connectivity index (χ3n) is 5.71. The molecule has 3 aromatic carbocycles. The number of benzene rings is 3. The first-order valence-electron chi connectivity index (χ1n) is 10.6. The molecule has 0 aliphatic rings. The van der Waals surface area contributed by atoms with E-state index in [1.807, 2.05) is 0 Å². The van der Waals surface area contributed by atoms with Gasteiger partial charge in [0.2, 0.25) is 0 Å². The van der Waals surface area contributed by atoms with Gasteiger partial charge in [-0.25, -0.2) is 14.0 Å². The monoisotopic (exact) mass is 549 g/mol. The summed E-state index contributed by atoms with van der Waals surface area (Å²) in [5, 5.41) is 3.05. The standard InChI is InChI=1S/C25H19Cl3FN3O4/c1-31-20-11-16(27)17(28)12-21(20)32(25(31)35)14-8-6-13(7-9-14)10-19(24(34)36-2)30-23(33)22-15(26)4-3-5-18(22)29/h3-9,11-12,19H,10H2,1-2H3,(H,30,33). The predicted octanol–water partition coefficient (Wildman–Crippen LogP) is 4.94. The number of hydrogen-bond donors (Lipinski definition) is 1. The summed E-state index contributed by atoms with van der Waals surface area (Å²) in [4.78, 5) is 37.9. The van der Waals surface area contributed by atoms with Crippen LogP contribution in [-0.4, -0.2) is 34.2 Å². The fourth-order valence-corrected chi connectivity index (χ4v) is 4.44. The molecule has 186 valence electrons. The van der Waals surface area contributed by atoms with Crippen LogP contribution in [0.2, 0.25) is 15.1 Å². The number of halogens is 4. The van der Waals surface area contributed by atoms with E-state index >= 15 is 0 Å². The second-order valence-corrected chi connectivity index (χ2v) is 9.17. The summed E-state index contributed by atoms with van der Waals surface area (Å²) < 4.78 is 21.9. The van der Waals surface area contributed by atoms with E-state index in [1.54, 1.807) is 43.4 Å². The fraction of sp³-hybridized carbons (Fsp3) is 0.160. The van der Waals surface area contributed by atoms with E-state index in [4.69, 9.17) is 39.5 Å². The molecule has 1 N–H and O–H groups in total. The van der Waals surface area contributed by atoms with Crippen molar-refractivity contribution in [1.29, 1.82) is 0 Å². The lowest BCUT2D eigenvalue weighted by molar-refractivity contribution is -0.142. The lowest BCUT2D eigenvalue weighted by Gasteiger charge is -2.17. The van der Waals surface area contributed by atoms with Gasteiger partial charge in [0.05, 0.1) is 44.5 Å². The zero-order chi connectivity index (χ0) is 26.1. The largest absolute Gasteiger partial charge is 0.467 e. The average molecular weight is 551 g/mol. The Morgan fingerprint density at radius 1 is 1.00 bits per heavy atom. The van der Waals surface area contributed by atoms with Gasteiger partial charge in [-0.05, 0) is 42.0 Å². The third kappa shape index (κ3) is 4.84. The van der Waals surface area contributed by atoms with E-state index in [2.05, 4.69) is 5.32 Å². The number of rotatable bonds is 6. The van der Waals surface area contributed by atoms with Crippen LogP contribution in [0.4, 0.5) is 4.39 Å². The van der Waals surface area contributed by atoms with Crippen molar-refractivity contribution in [3.05, 3.63) is 97.1 Å².